The van der Waals surface area contributed by atoms with E-state index in [-0.39, 0.29) is 25.2 Å². The Morgan fingerprint density at radius 1 is 1.20 bits per heavy atom. The fraction of sp³-hybridized carbons (Fsp3) is 0.227. The average Bonchev–Trinajstić information content (AvgIpc) is 3.15. The van der Waals surface area contributed by atoms with Crippen LogP contribution in [-0.2, 0) is 19.1 Å². The lowest BCUT2D eigenvalue weighted by Crippen LogP contribution is -2.41. The number of nitrogens with one attached hydrogen (secondary N) is 1. The SMILES string of the molecule is C[C@@H]1CC(=O)Nc2ccccc2N1C(=O)COC(=O)/C=C/c1ccc2c(c1)OCO2. The lowest BCUT2D eigenvalue weighted by atomic mass is 10.1. The predicted octanol–water partition coefficient (Wildman–Crippen LogP) is 2.74. The van der Waals surface area contributed by atoms with Crippen molar-refractivity contribution in [2.75, 3.05) is 23.6 Å². The molecule has 0 aliphatic carbocycles. The molecule has 0 aromatic heterocycles. The van der Waals surface area contributed by atoms with Crippen LogP contribution in [0.3, 0.4) is 0 Å². The predicted molar refractivity (Wildman–Crippen MR) is 109 cm³/mol. The minimum atomic E-state index is -0.647. The normalized spacial score (nSPS) is 17.3. The van der Waals surface area contributed by atoms with Gasteiger partial charge in [0, 0.05) is 18.5 Å². The first kappa shape index (κ1) is 19.5. The highest BCUT2D eigenvalue weighted by Gasteiger charge is 2.29. The Bertz CT molecular complexity index is 1030. The summed E-state index contributed by atoms with van der Waals surface area (Å²) in [6.45, 7) is 1.52. The highest BCUT2D eigenvalue weighted by atomic mass is 16.7. The van der Waals surface area contributed by atoms with Crippen molar-refractivity contribution in [3.63, 3.8) is 0 Å². The first-order valence-corrected chi connectivity index (χ1v) is 9.46. The summed E-state index contributed by atoms with van der Waals surface area (Å²) in [5.41, 5.74) is 1.87. The van der Waals surface area contributed by atoms with E-state index in [2.05, 4.69) is 5.32 Å². The van der Waals surface area contributed by atoms with Gasteiger partial charge in [-0.1, -0.05) is 18.2 Å². The Balaban J connectivity index is 1.40. The van der Waals surface area contributed by atoms with E-state index in [1.165, 1.54) is 11.0 Å². The van der Waals surface area contributed by atoms with Crippen LogP contribution in [0, 0.1) is 0 Å². The van der Waals surface area contributed by atoms with Gasteiger partial charge < -0.3 is 24.4 Å². The van der Waals surface area contributed by atoms with Gasteiger partial charge in [0.2, 0.25) is 12.7 Å². The van der Waals surface area contributed by atoms with Gasteiger partial charge in [-0.3, -0.25) is 9.59 Å². The molecule has 0 unspecified atom stereocenters. The van der Waals surface area contributed by atoms with Gasteiger partial charge in [0.25, 0.3) is 5.91 Å². The molecule has 154 valence electrons. The second-order valence-corrected chi connectivity index (χ2v) is 6.94. The maximum atomic E-state index is 12.8. The lowest BCUT2D eigenvalue weighted by Gasteiger charge is -2.27. The smallest absolute Gasteiger partial charge is 0.331 e. The molecule has 2 aromatic carbocycles. The molecule has 8 nitrogen and oxygen atoms in total. The number of carbonyl (C=O) groups excluding carboxylic acids is 3. The van der Waals surface area contributed by atoms with Crippen LogP contribution in [0.5, 0.6) is 11.5 Å². The number of para-hydroxylation sites is 2. The van der Waals surface area contributed by atoms with Crippen LogP contribution in [0.2, 0.25) is 0 Å². The second-order valence-electron chi connectivity index (χ2n) is 6.94. The average molecular weight is 408 g/mol. The molecule has 4 rings (SSSR count). The molecule has 2 heterocycles. The topological polar surface area (TPSA) is 94.2 Å². The van der Waals surface area contributed by atoms with E-state index in [0.717, 1.165) is 5.56 Å². The summed E-state index contributed by atoms with van der Waals surface area (Å²) < 4.78 is 15.7. The van der Waals surface area contributed by atoms with E-state index in [4.69, 9.17) is 14.2 Å². The first-order valence-electron chi connectivity index (χ1n) is 9.46. The van der Waals surface area contributed by atoms with Crippen LogP contribution in [0.25, 0.3) is 6.08 Å². The van der Waals surface area contributed by atoms with E-state index in [1.807, 2.05) is 0 Å². The molecule has 30 heavy (non-hydrogen) atoms. The van der Waals surface area contributed by atoms with Crippen molar-refractivity contribution in [3.8, 4) is 11.5 Å². The largest absolute Gasteiger partial charge is 0.454 e. The molecule has 0 spiro atoms. The number of rotatable bonds is 4. The van der Waals surface area contributed by atoms with Gasteiger partial charge in [-0.25, -0.2) is 4.79 Å². The van der Waals surface area contributed by atoms with Gasteiger partial charge in [0.1, 0.15) is 0 Å². The summed E-state index contributed by atoms with van der Waals surface area (Å²) in [7, 11) is 0. The number of ether oxygens (including phenoxy) is 3. The maximum Gasteiger partial charge on any atom is 0.331 e. The van der Waals surface area contributed by atoms with Crippen molar-refractivity contribution in [2.45, 2.75) is 19.4 Å². The van der Waals surface area contributed by atoms with E-state index < -0.39 is 18.5 Å². The molecule has 0 saturated heterocycles. The summed E-state index contributed by atoms with van der Waals surface area (Å²) in [6, 6.07) is 11.9. The quantitative estimate of drug-likeness (QED) is 0.618. The number of nitrogens with zero attached hydrogens (tertiary/aromatic N) is 1. The molecule has 0 fully saturated rings. The summed E-state index contributed by atoms with van der Waals surface area (Å²) in [6.07, 6.45) is 2.97. The van der Waals surface area contributed by atoms with Crippen LogP contribution < -0.4 is 19.7 Å². The van der Waals surface area contributed by atoms with Gasteiger partial charge in [0.15, 0.2) is 18.1 Å². The number of anilines is 2. The number of esters is 1. The molecule has 8 heteroatoms. The molecule has 0 radical (unpaired) electrons. The fourth-order valence-corrected chi connectivity index (χ4v) is 3.40. The molecule has 1 N–H and O–H groups in total. The van der Waals surface area contributed by atoms with E-state index >= 15 is 0 Å². The highest BCUT2D eigenvalue weighted by Crippen LogP contribution is 2.33. The van der Waals surface area contributed by atoms with E-state index in [1.54, 1.807) is 55.5 Å². The Kier molecular flexibility index (Phi) is 5.38. The Labute approximate surface area is 173 Å². The summed E-state index contributed by atoms with van der Waals surface area (Å²) in [5, 5.41) is 2.79. The monoisotopic (exact) mass is 408 g/mol. The Morgan fingerprint density at radius 2 is 2.00 bits per heavy atom. The minimum absolute atomic E-state index is 0.151. The summed E-state index contributed by atoms with van der Waals surface area (Å²) >= 11 is 0. The maximum absolute atomic E-state index is 12.8. The summed E-state index contributed by atoms with van der Waals surface area (Å²) in [4.78, 5) is 38.4. The van der Waals surface area contributed by atoms with Crippen molar-refractivity contribution in [2.24, 2.45) is 0 Å². The van der Waals surface area contributed by atoms with Crippen LogP contribution in [-0.4, -0.2) is 37.2 Å². The van der Waals surface area contributed by atoms with Crippen molar-refractivity contribution < 1.29 is 28.6 Å². The van der Waals surface area contributed by atoms with Gasteiger partial charge in [0.05, 0.1) is 11.4 Å². The van der Waals surface area contributed by atoms with Crippen LogP contribution in [0.4, 0.5) is 11.4 Å². The van der Waals surface area contributed by atoms with Gasteiger partial charge >= 0.3 is 5.97 Å². The molecule has 0 bridgehead atoms. The molecular weight excluding hydrogens is 388 g/mol. The van der Waals surface area contributed by atoms with Crippen LogP contribution in [0.15, 0.2) is 48.5 Å². The van der Waals surface area contributed by atoms with Crippen molar-refractivity contribution in [1.29, 1.82) is 0 Å². The van der Waals surface area contributed by atoms with Crippen molar-refractivity contribution in [1.82, 2.24) is 0 Å². The zero-order valence-electron chi connectivity index (χ0n) is 16.3. The van der Waals surface area contributed by atoms with Crippen LogP contribution in [0.1, 0.15) is 18.9 Å². The van der Waals surface area contributed by atoms with Gasteiger partial charge in [-0.2, -0.15) is 0 Å². The molecule has 0 saturated carbocycles. The fourth-order valence-electron chi connectivity index (χ4n) is 3.40. The highest BCUT2D eigenvalue weighted by molar-refractivity contribution is 6.05. The number of benzene rings is 2. The van der Waals surface area contributed by atoms with Crippen LogP contribution >= 0.6 is 0 Å². The van der Waals surface area contributed by atoms with E-state index in [9.17, 15) is 14.4 Å². The van der Waals surface area contributed by atoms with Crippen molar-refractivity contribution >= 4 is 35.2 Å². The van der Waals surface area contributed by atoms with E-state index in [0.29, 0.717) is 22.9 Å². The third kappa shape index (κ3) is 4.12. The standard InChI is InChI=1S/C22H20N2O6/c1-14-10-20(25)23-16-4-2-3-5-17(16)24(14)21(26)12-28-22(27)9-7-15-6-8-18-19(11-15)30-13-29-18/h2-9,11,14H,10,12-13H2,1H3,(H,23,25)/b9-7+/t14-/m1/s1. The third-order valence-electron chi connectivity index (χ3n) is 4.77. The zero-order valence-corrected chi connectivity index (χ0v) is 16.3. The molecule has 2 aromatic rings. The Morgan fingerprint density at radius 3 is 2.87 bits per heavy atom. The molecule has 1 atom stereocenters. The Hall–Kier alpha value is -3.81. The molecule has 2 aliphatic rings. The van der Waals surface area contributed by atoms with Gasteiger partial charge in [-0.05, 0) is 42.8 Å². The number of carbonyl (C=O) groups is 3. The molecular formula is C22H20N2O6. The van der Waals surface area contributed by atoms with Crippen molar-refractivity contribution in [3.05, 3.63) is 54.1 Å². The van der Waals surface area contributed by atoms with Gasteiger partial charge in [-0.15, -0.1) is 0 Å². The lowest BCUT2D eigenvalue weighted by molar-refractivity contribution is -0.143. The number of hydrogen-bond acceptors (Lipinski definition) is 6. The number of fused-ring (bicyclic) bond motifs is 2. The molecule has 2 amide bonds. The number of hydrogen-bond donors (Lipinski definition) is 1. The molecule has 2 aliphatic heterocycles. The summed E-state index contributed by atoms with van der Waals surface area (Å²) in [5.74, 6) is 0.0361. The number of amides is 2. The first-order chi connectivity index (χ1) is 14.5. The minimum Gasteiger partial charge on any atom is -0.454 e. The zero-order chi connectivity index (χ0) is 21.1. The second kappa shape index (κ2) is 8.28. The third-order valence-corrected chi connectivity index (χ3v) is 4.77.